The van der Waals surface area contributed by atoms with Crippen molar-refractivity contribution < 1.29 is 18.2 Å². The van der Waals surface area contributed by atoms with Gasteiger partial charge in [-0.25, -0.2) is 13.4 Å². The lowest BCUT2D eigenvalue weighted by Gasteiger charge is -2.33. The number of nitrogens with one attached hydrogen (secondary N) is 1. The Kier molecular flexibility index (Phi) is 5.65. The van der Waals surface area contributed by atoms with Crippen LogP contribution in [0.15, 0.2) is 48.7 Å². The van der Waals surface area contributed by atoms with Gasteiger partial charge in [0.25, 0.3) is 5.82 Å². The van der Waals surface area contributed by atoms with Crippen LogP contribution in [-0.2, 0) is 14.8 Å². The third-order valence-electron chi connectivity index (χ3n) is 4.73. The Balaban J connectivity index is 1.68. The van der Waals surface area contributed by atoms with E-state index in [-0.39, 0.29) is 12.5 Å². The molecule has 1 aliphatic heterocycles. The van der Waals surface area contributed by atoms with Crippen LogP contribution in [0.5, 0.6) is 0 Å². The zero-order valence-corrected chi connectivity index (χ0v) is 16.4. The van der Waals surface area contributed by atoms with Gasteiger partial charge in [0.15, 0.2) is 0 Å². The first-order valence-corrected chi connectivity index (χ1v) is 10.7. The van der Waals surface area contributed by atoms with Gasteiger partial charge in [-0.2, -0.15) is 0 Å². The molecule has 8 heteroatoms. The van der Waals surface area contributed by atoms with Gasteiger partial charge in [-0.15, -0.1) is 0 Å². The molecule has 0 bridgehead atoms. The van der Waals surface area contributed by atoms with Gasteiger partial charge in [0.1, 0.15) is 19.6 Å². The van der Waals surface area contributed by atoms with E-state index in [1.165, 1.54) is 4.31 Å². The summed E-state index contributed by atoms with van der Waals surface area (Å²) in [7, 11) is -3.56. The Hall–Kier alpha value is -2.61. The first kappa shape index (κ1) is 19.2. The van der Waals surface area contributed by atoms with E-state index in [1.807, 2.05) is 43.5 Å². The number of benzene rings is 1. The summed E-state index contributed by atoms with van der Waals surface area (Å²) in [6.07, 6.45) is 3.01. The number of aromatic nitrogens is 1. The number of anilines is 2. The zero-order chi connectivity index (χ0) is 19.4. The third kappa shape index (κ3) is 4.57. The highest BCUT2D eigenvalue weighted by Crippen LogP contribution is 2.22. The summed E-state index contributed by atoms with van der Waals surface area (Å²) < 4.78 is 25.8. The van der Waals surface area contributed by atoms with E-state index < -0.39 is 10.0 Å². The molecule has 3 rings (SSSR count). The maximum atomic E-state index is 12.8. The Labute approximate surface area is 160 Å². The van der Waals surface area contributed by atoms with Gasteiger partial charge in [0.2, 0.25) is 15.9 Å². The minimum atomic E-state index is -3.56. The van der Waals surface area contributed by atoms with Gasteiger partial charge in [0.05, 0.1) is 31.2 Å². The molecule has 0 unspecified atom stereocenters. The molecule has 2 aromatic rings. The number of H-pyrrole nitrogens is 1. The van der Waals surface area contributed by atoms with Crippen LogP contribution in [0.1, 0.15) is 5.56 Å². The highest BCUT2D eigenvalue weighted by molar-refractivity contribution is 7.92. The number of pyridine rings is 1. The van der Waals surface area contributed by atoms with Crippen molar-refractivity contribution in [1.82, 2.24) is 4.90 Å². The van der Waals surface area contributed by atoms with Crippen molar-refractivity contribution in [2.45, 2.75) is 6.92 Å². The lowest BCUT2D eigenvalue weighted by atomic mass is 10.2. The molecule has 1 aromatic carbocycles. The van der Waals surface area contributed by atoms with E-state index in [9.17, 15) is 13.2 Å². The van der Waals surface area contributed by atoms with Crippen LogP contribution < -0.4 is 14.2 Å². The molecule has 1 aliphatic rings. The number of piperazine rings is 1. The molecule has 0 spiro atoms. The van der Waals surface area contributed by atoms with Gasteiger partial charge >= 0.3 is 0 Å². The number of carbonyl (C=O) groups is 1. The maximum Gasteiger partial charge on any atom is 0.274 e. The monoisotopic (exact) mass is 389 g/mol. The fourth-order valence-electron chi connectivity index (χ4n) is 3.22. The Morgan fingerprint density at radius 1 is 1.07 bits per heavy atom. The molecule has 27 heavy (non-hydrogen) atoms. The first-order chi connectivity index (χ1) is 12.9. The summed E-state index contributed by atoms with van der Waals surface area (Å²) in [5, 5.41) is 0. The standard InChI is InChI=1S/C19H24N4O3S/c1-16-7-3-4-8-17(16)23(27(2,25)26)15-19(24)22-13-11-21(12-14-22)18-9-5-6-10-20-18/h3-10H,11-15H2,1-2H3/p+1. The number of nitrogens with zero attached hydrogens (tertiary/aromatic N) is 3. The summed E-state index contributed by atoms with van der Waals surface area (Å²) in [5.74, 6) is 0.836. The molecule has 0 aliphatic carbocycles. The van der Waals surface area contributed by atoms with E-state index in [0.29, 0.717) is 31.9 Å². The van der Waals surface area contributed by atoms with Gasteiger partial charge in [-0.05, 0) is 24.6 Å². The van der Waals surface area contributed by atoms with E-state index >= 15 is 0 Å². The average molecular weight is 390 g/mol. The van der Waals surface area contributed by atoms with Crippen molar-refractivity contribution >= 4 is 27.4 Å². The fraction of sp³-hybridized carbons (Fsp3) is 0.368. The highest BCUT2D eigenvalue weighted by atomic mass is 32.2. The van der Waals surface area contributed by atoms with Crippen molar-refractivity contribution in [3.63, 3.8) is 0 Å². The van der Waals surface area contributed by atoms with Crippen molar-refractivity contribution in [3.05, 3.63) is 54.2 Å². The summed E-state index contributed by atoms with van der Waals surface area (Å²) >= 11 is 0. The number of aryl methyl sites for hydroxylation is 1. The Morgan fingerprint density at radius 3 is 2.33 bits per heavy atom. The molecule has 1 fully saturated rings. The molecule has 1 aromatic heterocycles. The summed E-state index contributed by atoms with van der Waals surface area (Å²) in [4.78, 5) is 19.9. The van der Waals surface area contributed by atoms with Crippen LogP contribution in [0.2, 0.25) is 0 Å². The highest BCUT2D eigenvalue weighted by Gasteiger charge is 2.29. The molecule has 1 N–H and O–H groups in total. The number of rotatable bonds is 5. The van der Waals surface area contributed by atoms with Crippen molar-refractivity contribution in [1.29, 1.82) is 0 Å². The zero-order valence-electron chi connectivity index (χ0n) is 15.6. The van der Waals surface area contributed by atoms with Gasteiger partial charge < -0.3 is 4.90 Å². The van der Waals surface area contributed by atoms with Crippen molar-refractivity contribution in [3.8, 4) is 0 Å². The minimum absolute atomic E-state index is 0.179. The van der Waals surface area contributed by atoms with Gasteiger partial charge in [-0.3, -0.25) is 14.0 Å². The molecule has 2 heterocycles. The van der Waals surface area contributed by atoms with E-state index in [1.54, 1.807) is 17.0 Å². The first-order valence-electron chi connectivity index (χ1n) is 8.89. The molecule has 1 amide bonds. The molecule has 144 valence electrons. The minimum Gasteiger partial charge on any atom is -0.333 e. The molecule has 1 saturated heterocycles. The van der Waals surface area contributed by atoms with Crippen LogP contribution in [0, 0.1) is 6.92 Å². The quantitative estimate of drug-likeness (QED) is 0.762. The predicted molar refractivity (Wildman–Crippen MR) is 105 cm³/mol. The summed E-state index contributed by atoms with van der Waals surface area (Å²) in [5.41, 5.74) is 1.37. The molecule has 0 atom stereocenters. The number of amides is 1. The van der Waals surface area contributed by atoms with Gasteiger partial charge in [-0.1, -0.05) is 24.3 Å². The second-order valence-corrected chi connectivity index (χ2v) is 8.58. The van der Waals surface area contributed by atoms with E-state index in [4.69, 9.17) is 0 Å². The molecule has 7 nitrogen and oxygen atoms in total. The number of para-hydroxylation sites is 1. The number of aromatic amines is 1. The van der Waals surface area contributed by atoms with E-state index in [0.717, 1.165) is 17.6 Å². The number of sulfonamides is 1. The lowest BCUT2D eigenvalue weighted by Crippen LogP contribution is -2.52. The predicted octanol–water partition coefficient (Wildman–Crippen LogP) is 0.924. The van der Waals surface area contributed by atoms with Crippen molar-refractivity contribution in [2.75, 3.05) is 48.2 Å². The number of carbonyl (C=O) groups excluding carboxylic acids is 1. The van der Waals surface area contributed by atoms with Crippen LogP contribution >= 0.6 is 0 Å². The Morgan fingerprint density at radius 2 is 1.74 bits per heavy atom. The SMILES string of the molecule is Cc1ccccc1N(CC(=O)N1CCN(c2cccc[nH+]2)CC1)S(C)(=O)=O. The summed E-state index contributed by atoms with van der Waals surface area (Å²) in [6, 6.07) is 13.1. The lowest BCUT2D eigenvalue weighted by molar-refractivity contribution is -0.364. The average Bonchev–Trinajstić information content (AvgIpc) is 2.66. The third-order valence-corrected chi connectivity index (χ3v) is 5.86. The molecule has 0 saturated carbocycles. The van der Waals surface area contributed by atoms with Crippen LogP contribution in [0.3, 0.4) is 0 Å². The number of hydrogen-bond donors (Lipinski definition) is 0. The number of hydrogen-bond acceptors (Lipinski definition) is 4. The summed E-state index contributed by atoms with van der Waals surface area (Å²) in [6.45, 7) is 4.19. The second-order valence-electron chi connectivity index (χ2n) is 6.67. The maximum absolute atomic E-state index is 12.8. The molecular weight excluding hydrogens is 364 g/mol. The van der Waals surface area contributed by atoms with Crippen molar-refractivity contribution in [2.24, 2.45) is 0 Å². The molecule has 0 radical (unpaired) electrons. The smallest absolute Gasteiger partial charge is 0.274 e. The largest absolute Gasteiger partial charge is 0.333 e. The molecular formula is C19H25N4O3S+. The van der Waals surface area contributed by atoms with Crippen LogP contribution in [0.4, 0.5) is 11.5 Å². The van der Waals surface area contributed by atoms with Gasteiger partial charge in [0, 0.05) is 6.07 Å². The van der Waals surface area contributed by atoms with Crippen LogP contribution in [-0.4, -0.2) is 58.2 Å². The fourth-order valence-corrected chi connectivity index (χ4v) is 4.13. The second kappa shape index (κ2) is 7.96. The Bertz CT molecular complexity index is 894. The topological polar surface area (TPSA) is 75.1 Å². The van der Waals surface area contributed by atoms with E-state index in [2.05, 4.69) is 9.88 Å². The van der Waals surface area contributed by atoms with Crippen LogP contribution in [0.25, 0.3) is 0 Å². The normalized spacial score (nSPS) is 14.9.